The summed E-state index contributed by atoms with van der Waals surface area (Å²) < 4.78 is 5.20. The number of ether oxygens (including phenoxy) is 1. The molecular weight excluding hydrogens is 380 g/mol. The van der Waals surface area contributed by atoms with E-state index >= 15 is 0 Å². The molecule has 0 radical (unpaired) electrons. The lowest BCUT2D eigenvalue weighted by molar-refractivity contribution is -0.134. The first-order valence-corrected chi connectivity index (χ1v) is 9.36. The molecule has 1 amide bonds. The summed E-state index contributed by atoms with van der Waals surface area (Å²) in [5, 5.41) is 0.691. The second-order valence-electron chi connectivity index (χ2n) is 6.56. The van der Waals surface area contributed by atoms with Crippen LogP contribution in [0.15, 0.2) is 48.8 Å². The molecule has 28 heavy (non-hydrogen) atoms. The average molecular weight is 399 g/mol. The highest BCUT2D eigenvalue weighted by Gasteiger charge is 2.22. The molecule has 0 bridgehead atoms. The molecule has 7 nitrogen and oxygen atoms in total. The molecule has 0 aliphatic carbocycles. The number of fused-ring (bicyclic) bond motifs is 1. The third kappa shape index (κ3) is 3.94. The van der Waals surface area contributed by atoms with Gasteiger partial charge in [0.05, 0.1) is 22.9 Å². The Morgan fingerprint density at radius 1 is 1.11 bits per heavy atom. The number of hydrogen-bond acceptors (Lipinski definition) is 5. The van der Waals surface area contributed by atoms with Gasteiger partial charge in [-0.1, -0.05) is 17.7 Å². The van der Waals surface area contributed by atoms with E-state index in [4.69, 9.17) is 16.3 Å². The second kappa shape index (κ2) is 7.90. The van der Waals surface area contributed by atoms with Crippen LogP contribution in [0.25, 0.3) is 11.0 Å². The fourth-order valence-electron chi connectivity index (χ4n) is 3.25. The van der Waals surface area contributed by atoms with Crippen molar-refractivity contribution in [3.8, 4) is 0 Å². The third-order valence-corrected chi connectivity index (χ3v) is 5.02. The van der Waals surface area contributed by atoms with Crippen LogP contribution in [0.5, 0.6) is 0 Å². The van der Waals surface area contributed by atoms with Crippen LogP contribution in [-0.4, -0.2) is 59.5 Å². The quantitative estimate of drug-likeness (QED) is 0.684. The fraction of sp³-hybridized carbons (Fsp3) is 0.250. The minimum Gasteiger partial charge on any atom is -0.452 e. The van der Waals surface area contributed by atoms with Crippen molar-refractivity contribution in [1.29, 1.82) is 0 Å². The number of aromatic amines is 1. The molecule has 1 N–H and O–H groups in total. The van der Waals surface area contributed by atoms with Crippen molar-refractivity contribution in [3.63, 3.8) is 0 Å². The van der Waals surface area contributed by atoms with E-state index in [2.05, 4.69) is 14.9 Å². The Morgan fingerprint density at radius 3 is 2.71 bits per heavy atom. The lowest BCUT2D eigenvalue weighted by Crippen LogP contribution is -2.49. The molecule has 1 saturated heterocycles. The van der Waals surface area contributed by atoms with Gasteiger partial charge in [0.1, 0.15) is 0 Å². The molecule has 8 heteroatoms. The molecule has 1 aliphatic heterocycles. The summed E-state index contributed by atoms with van der Waals surface area (Å²) in [5.74, 6) is -0.718. The highest BCUT2D eigenvalue weighted by atomic mass is 35.5. The zero-order valence-electron chi connectivity index (χ0n) is 15.1. The summed E-state index contributed by atoms with van der Waals surface area (Å²) in [6.07, 6.45) is 1.56. The minimum atomic E-state index is -0.526. The highest BCUT2D eigenvalue weighted by molar-refractivity contribution is 6.30. The van der Waals surface area contributed by atoms with Crippen molar-refractivity contribution < 1.29 is 14.3 Å². The molecule has 4 rings (SSSR count). The number of imidazole rings is 1. The van der Waals surface area contributed by atoms with Crippen LogP contribution in [0.2, 0.25) is 5.02 Å². The van der Waals surface area contributed by atoms with E-state index in [1.54, 1.807) is 29.4 Å². The van der Waals surface area contributed by atoms with Gasteiger partial charge in [-0.15, -0.1) is 0 Å². The SMILES string of the molecule is O=C(OCC(=O)N1CCN(c2cccc(Cl)c2)CC1)c1ccc2nc[nH]c2c1. The molecule has 2 heterocycles. The summed E-state index contributed by atoms with van der Waals surface area (Å²) in [4.78, 5) is 35.6. The van der Waals surface area contributed by atoms with Gasteiger partial charge in [-0.2, -0.15) is 0 Å². The maximum absolute atomic E-state index is 12.4. The molecule has 1 aliphatic rings. The van der Waals surface area contributed by atoms with Gasteiger partial charge >= 0.3 is 5.97 Å². The summed E-state index contributed by atoms with van der Waals surface area (Å²) in [7, 11) is 0. The van der Waals surface area contributed by atoms with Crippen molar-refractivity contribution in [3.05, 3.63) is 59.4 Å². The van der Waals surface area contributed by atoms with E-state index in [9.17, 15) is 9.59 Å². The molecule has 0 atom stereocenters. The molecule has 0 saturated carbocycles. The number of benzene rings is 2. The van der Waals surface area contributed by atoms with Gasteiger partial charge in [-0.3, -0.25) is 4.79 Å². The lowest BCUT2D eigenvalue weighted by atomic mass is 10.2. The summed E-state index contributed by atoms with van der Waals surface area (Å²) >= 11 is 6.05. The van der Waals surface area contributed by atoms with Gasteiger partial charge in [0.15, 0.2) is 6.61 Å². The van der Waals surface area contributed by atoms with Gasteiger partial charge in [-0.25, -0.2) is 9.78 Å². The Hall–Kier alpha value is -3.06. The molecule has 1 fully saturated rings. The maximum atomic E-state index is 12.4. The third-order valence-electron chi connectivity index (χ3n) is 4.79. The average Bonchev–Trinajstić information content (AvgIpc) is 3.20. The van der Waals surface area contributed by atoms with Crippen LogP contribution >= 0.6 is 11.6 Å². The van der Waals surface area contributed by atoms with E-state index in [-0.39, 0.29) is 12.5 Å². The van der Waals surface area contributed by atoms with Crippen LogP contribution in [-0.2, 0) is 9.53 Å². The first-order chi connectivity index (χ1) is 13.6. The zero-order valence-corrected chi connectivity index (χ0v) is 15.9. The maximum Gasteiger partial charge on any atom is 0.338 e. The van der Waals surface area contributed by atoms with Gasteiger partial charge < -0.3 is 19.5 Å². The molecule has 0 spiro atoms. The Balaban J connectivity index is 1.29. The number of amides is 1. The van der Waals surface area contributed by atoms with Crippen LogP contribution in [0.4, 0.5) is 5.69 Å². The van der Waals surface area contributed by atoms with Gasteiger partial charge in [0, 0.05) is 36.9 Å². The van der Waals surface area contributed by atoms with Crippen molar-refractivity contribution in [1.82, 2.24) is 14.9 Å². The molecule has 1 aromatic heterocycles. The topological polar surface area (TPSA) is 78.5 Å². The molecule has 144 valence electrons. The number of rotatable bonds is 4. The van der Waals surface area contributed by atoms with Crippen molar-refractivity contribution in [2.75, 3.05) is 37.7 Å². The van der Waals surface area contributed by atoms with Crippen LogP contribution in [0.1, 0.15) is 10.4 Å². The number of anilines is 1. The normalized spacial score (nSPS) is 14.3. The minimum absolute atomic E-state index is 0.193. The smallest absolute Gasteiger partial charge is 0.338 e. The number of H-pyrrole nitrogens is 1. The lowest BCUT2D eigenvalue weighted by Gasteiger charge is -2.36. The number of halogens is 1. The van der Waals surface area contributed by atoms with E-state index in [1.807, 2.05) is 24.3 Å². The molecular formula is C20H19ClN4O3. The number of nitrogens with zero attached hydrogens (tertiary/aromatic N) is 3. The number of piperazine rings is 1. The highest BCUT2D eigenvalue weighted by Crippen LogP contribution is 2.21. The summed E-state index contributed by atoms with van der Waals surface area (Å²) in [5.41, 5.74) is 2.94. The number of carbonyl (C=O) groups excluding carboxylic acids is 2. The van der Waals surface area contributed by atoms with Crippen molar-refractivity contribution in [2.45, 2.75) is 0 Å². The number of nitrogens with one attached hydrogen (secondary N) is 1. The first kappa shape index (κ1) is 18.3. The van der Waals surface area contributed by atoms with Crippen LogP contribution in [0, 0.1) is 0 Å². The fourth-order valence-corrected chi connectivity index (χ4v) is 3.44. The molecule has 3 aromatic rings. The Labute approximate surface area is 166 Å². The Bertz CT molecular complexity index is 1010. The van der Waals surface area contributed by atoms with E-state index in [0.29, 0.717) is 36.8 Å². The van der Waals surface area contributed by atoms with Gasteiger partial charge in [0.2, 0.25) is 0 Å². The largest absolute Gasteiger partial charge is 0.452 e. The van der Waals surface area contributed by atoms with Gasteiger partial charge in [-0.05, 0) is 36.4 Å². The number of carbonyl (C=O) groups is 2. The number of aromatic nitrogens is 2. The predicted octanol–water partition coefficient (Wildman–Crippen LogP) is 2.72. The zero-order chi connectivity index (χ0) is 19.5. The molecule has 0 unspecified atom stereocenters. The van der Waals surface area contributed by atoms with Crippen LogP contribution < -0.4 is 4.90 Å². The standard InChI is InChI=1S/C20H19ClN4O3/c21-15-2-1-3-16(11-15)24-6-8-25(9-7-24)19(26)12-28-20(27)14-4-5-17-18(10-14)23-13-22-17/h1-5,10-11,13H,6-9,12H2,(H,22,23). The number of hydrogen-bond donors (Lipinski definition) is 1. The Morgan fingerprint density at radius 2 is 1.93 bits per heavy atom. The van der Waals surface area contributed by atoms with E-state index in [0.717, 1.165) is 16.7 Å². The second-order valence-corrected chi connectivity index (χ2v) is 6.99. The van der Waals surface area contributed by atoms with E-state index in [1.165, 1.54) is 0 Å². The first-order valence-electron chi connectivity index (χ1n) is 8.99. The van der Waals surface area contributed by atoms with Crippen molar-refractivity contribution in [2.24, 2.45) is 0 Å². The predicted molar refractivity (Wildman–Crippen MR) is 107 cm³/mol. The van der Waals surface area contributed by atoms with E-state index < -0.39 is 5.97 Å². The van der Waals surface area contributed by atoms with Crippen LogP contribution in [0.3, 0.4) is 0 Å². The molecule has 2 aromatic carbocycles. The monoisotopic (exact) mass is 398 g/mol. The number of esters is 1. The Kier molecular flexibility index (Phi) is 5.16. The van der Waals surface area contributed by atoms with Gasteiger partial charge in [0.25, 0.3) is 5.91 Å². The van der Waals surface area contributed by atoms with Crippen molar-refractivity contribution >= 4 is 40.2 Å². The summed E-state index contributed by atoms with van der Waals surface area (Å²) in [6.45, 7) is 2.29. The summed E-state index contributed by atoms with van der Waals surface area (Å²) in [6, 6.07) is 12.7.